The van der Waals surface area contributed by atoms with Gasteiger partial charge in [0.15, 0.2) is 11.0 Å². The Balaban J connectivity index is 1.60. The van der Waals surface area contributed by atoms with Crippen LogP contribution in [0.1, 0.15) is 17.9 Å². The minimum absolute atomic E-state index is 0.202. The molecule has 1 aromatic heterocycles. The Morgan fingerprint density at radius 1 is 1.23 bits per heavy atom. The molecule has 1 fully saturated rings. The van der Waals surface area contributed by atoms with Crippen LogP contribution in [0.5, 0.6) is 0 Å². The average molecular weight is 341 g/mol. The molecule has 1 aliphatic rings. The van der Waals surface area contributed by atoms with Crippen LogP contribution >= 0.6 is 23.2 Å². The minimum Gasteiger partial charge on any atom is -0.280 e. The highest BCUT2D eigenvalue weighted by Gasteiger charge is 2.46. The Kier molecular flexibility index (Phi) is 4.13. The number of rotatable bonds is 4. The van der Waals surface area contributed by atoms with Crippen LogP contribution in [0, 0.1) is 11.7 Å². The summed E-state index contributed by atoms with van der Waals surface area (Å²) in [6.45, 7) is 0. The van der Waals surface area contributed by atoms with E-state index in [-0.39, 0.29) is 28.7 Å². The van der Waals surface area contributed by atoms with Crippen molar-refractivity contribution in [3.63, 3.8) is 0 Å². The van der Waals surface area contributed by atoms with E-state index in [1.54, 1.807) is 24.3 Å². The topological polar surface area (TPSA) is 66.9 Å². The standard InChI is InChI=1S/C14H11Cl2FN4O/c15-9-2-1-3-10(17)13(9)7-6-8(7)14(22)21-20-12-5-4-11(16)18-19-12/h1-5,7-8H,6H2,(H,19,20)(H,21,22)/t7-,8-/m1/s1. The fourth-order valence-corrected chi connectivity index (χ4v) is 2.67. The molecule has 0 spiro atoms. The van der Waals surface area contributed by atoms with Crippen LogP contribution in [0.25, 0.3) is 0 Å². The lowest BCUT2D eigenvalue weighted by molar-refractivity contribution is -0.121. The van der Waals surface area contributed by atoms with E-state index in [9.17, 15) is 9.18 Å². The van der Waals surface area contributed by atoms with Gasteiger partial charge in [0.2, 0.25) is 5.91 Å². The summed E-state index contributed by atoms with van der Waals surface area (Å²) >= 11 is 11.6. The first-order chi connectivity index (χ1) is 10.6. The Morgan fingerprint density at radius 2 is 2.05 bits per heavy atom. The van der Waals surface area contributed by atoms with Gasteiger partial charge in [0.05, 0.1) is 0 Å². The SMILES string of the molecule is O=C(NNc1ccc(Cl)nn1)[C@@H]1C[C@H]1c1c(F)cccc1Cl. The molecule has 22 heavy (non-hydrogen) atoms. The number of halogens is 3. The molecule has 0 radical (unpaired) electrons. The third kappa shape index (κ3) is 3.13. The number of hydrazine groups is 1. The van der Waals surface area contributed by atoms with Gasteiger partial charge in [-0.05, 0) is 30.7 Å². The lowest BCUT2D eigenvalue weighted by atomic mass is 10.1. The van der Waals surface area contributed by atoms with Crippen molar-refractivity contribution in [1.29, 1.82) is 0 Å². The zero-order chi connectivity index (χ0) is 15.7. The fourth-order valence-electron chi connectivity index (χ4n) is 2.27. The van der Waals surface area contributed by atoms with Crippen LogP contribution in [-0.2, 0) is 4.79 Å². The molecule has 1 aromatic carbocycles. The van der Waals surface area contributed by atoms with Gasteiger partial charge in [-0.3, -0.25) is 15.6 Å². The first-order valence-electron chi connectivity index (χ1n) is 6.55. The van der Waals surface area contributed by atoms with Gasteiger partial charge in [0.1, 0.15) is 5.82 Å². The summed E-state index contributed by atoms with van der Waals surface area (Å²) in [6, 6.07) is 7.63. The van der Waals surface area contributed by atoms with Crippen molar-refractivity contribution in [1.82, 2.24) is 15.6 Å². The summed E-state index contributed by atoms with van der Waals surface area (Å²) in [5.74, 6) is -0.793. The van der Waals surface area contributed by atoms with E-state index in [0.717, 1.165) is 0 Å². The lowest BCUT2D eigenvalue weighted by Crippen LogP contribution is -2.31. The summed E-state index contributed by atoms with van der Waals surface area (Å²) in [6.07, 6.45) is 0.556. The number of aromatic nitrogens is 2. The zero-order valence-corrected chi connectivity index (χ0v) is 12.7. The highest BCUT2D eigenvalue weighted by Crippen LogP contribution is 2.50. The molecule has 1 heterocycles. The van der Waals surface area contributed by atoms with Crippen molar-refractivity contribution < 1.29 is 9.18 Å². The van der Waals surface area contributed by atoms with Gasteiger partial charge in [0.25, 0.3) is 0 Å². The average Bonchev–Trinajstić information content (AvgIpc) is 3.26. The molecule has 2 N–H and O–H groups in total. The second kappa shape index (κ2) is 6.06. The first-order valence-corrected chi connectivity index (χ1v) is 7.31. The predicted octanol–water partition coefficient (Wildman–Crippen LogP) is 3.17. The normalized spacial score (nSPS) is 19.6. The molecule has 5 nitrogen and oxygen atoms in total. The van der Waals surface area contributed by atoms with E-state index in [1.807, 2.05) is 0 Å². The summed E-state index contributed by atoms with van der Waals surface area (Å²) in [5, 5.41) is 7.99. The maximum Gasteiger partial charge on any atom is 0.242 e. The maximum atomic E-state index is 13.8. The number of nitrogens with zero attached hydrogens (tertiary/aromatic N) is 2. The molecular formula is C14H11Cl2FN4O. The molecule has 1 aliphatic carbocycles. The Morgan fingerprint density at radius 3 is 2.73 bits per heavy atom. The number of hydrogen-bond donors (Lipinski definition) is 2. The third-order valence-electron chi connectivity index (χ3n) is 3.44. The molecule has 1 saturated carbocycles. The summed E-state index contributed by atoms with van der Waals surface area (Å²) in [4.78, 5) is 12.0. The monoisotopic (exact) mass is 340 g/mol. The number of amides is 1. The second-order valence-corrected chi connectivity index (χ2v) is 5.73. The molecule has 2 atom stereocenters. The molecule has 0 aliphatic heterocycles. The molecule has 0 bridgehead atoms. The molecule has 1 amide bonds. The summed E-state index contributed by atoms with van der Waals surface area (Å²) in [5.41, 5.74) is 5.55. The number of anilines is 1. The number of benzene rings is 1. The number of hydrogen-bond acceptors (Lipinski definition) is 4. The summed E-state index contributed by atoms with van der Waals surface area (Å²) < 4.78 is 13.8. The quantitative estimate of drug-likeness (QED) is 0.839. The van der Waals surface area contributed by atoms with E-state index in [0.29, 0.717) is 22.8 Å². The van der Waals surface area contributed by atoms with Crippen molar-refractivity contribution in [2.24, 2.45) is 5.92 Å². The van der Waals surface area contributed by atoms with E-state index >= 15 is 0 Å². The predicted molar refractivity (Wildman–Crippen MR) is 81.1 cm³/mol. The molecule has 0 unspecified atom stereocenters. The summed E-state index contributed by atoms with van der Waals surface area (Å²) in [7, 11) is 0. The minimum atomic E-state index is -0.385. The van der Waals surface area contributed by atoms with Crippen LogP contribution < -0.4 is 10.9 Å². The van der Waals surface area contributed by atoms with Gasteiger partial charge < -0.3 is 0 Å². The molecule has 114 valence electrons. The number of carbonyl (C=O) groups is 1. The van der Waals surface area contributed by atoms with Crippen LogP contribution in [0.2, 0.25) is 10.2 Å². The third-order valence-corrected chi connectivity index (χ3v) is 3.97. The van der Waals surface area contributed by atoms with E-state index in [1.165, 1.54) is 6.07 Å². The Bertz CT molecular complexity index is 690. The fraction of sp³-hybridized carbons (Fsp3) is 0.214. The largest absolute Gasteiger partial charge is 0.280 e. The highest BCUT2D eigenvalue weighted by molar-refractivity contribution is 6.31. The van der Waals surface area contributed by atoms with Crippen molar-refractivity contribution in [3.8, 4) is 0 Å². The number of carbonyl (C=O) groups excluding carboxylic acids is 1. The van der Waals surface area contributed by atoms with Crippen LogP contribution in [-0.4, -0.2) is 16.1 Å². The van der Waals surface area contributed by atoms with Gasteiger partial charge in [0, 0.05) is 22.4 Å². The van der Waals surface area contributed by atoms with E-state index < -0.39 is 0 Å². The van der Waals surface area contributed by atoms with Gasteiger partial charge in [-0.15, -0.1) is 10.2 Å². The van der Waals surface area contributed by atoms with Gasteiger partial charge >= 0.3 is 0 Å². The lowest BCUT2D eigenvalue weighted by Gasteiger charge is -2.08. The van der Waals surface area contributed by atoms with Crippen molar-refractivity contribution in [2.75, 3.05) is 5.43 Å². The second-order valence-electron chi connectivity index (χ2n) is 4.94. The van der Waals surface area contributed by atoms with Crippen molar-refractivity contribution in [3.05, 3.63) is 51.9 Å². The molecule has 2 aromatic rings. The molecule has 3 rings (SSSR count). The highest BCUT2D eigenvalue weighted by atomic mass is 35.5. The van der Waals surface area contributed by atoms with Crippen LogP contribution in [0.15, 0.2) is 30.3 Å². The van der Waals surface area contributed by atoms with Crippen LogP contribution in [0.4, 0.5) is 10.2 Å². The van der Waals surface area contributed by atoms with E-state index in [2.05, 4.69) is 21.0 Å². The van der Waals surface area contributed by atoms with Gasteiger partial charge in [-0.25, -0.2) is 4.39 Å². The first kappa shape index (κ1) is 15.0. The molecule has 8 heteroatoms. The maximum absolute atomic E-state index is 13.8. The molecular weight excluding hydrogens is 330 g/mol. The van der Waals surface area contributed by atoms with E-state index in [4.69, 9.17) is 23.2 Å². The zero-order valence-electron chi connectivity index (χ0n) is 11.2. The van der Waals surface area contributed by atoms with Crippen molar-refractivity contribution in [2.45, 2.75) is 12.3 Å². The van der Waals surface area contributed by atoms with Crippen LogP contribution in [0.3, 0.4) is 0 Å². The smallest absolute Gasteiger partial charge is 0.242 e. The number of nitrogens with one attached hydrogen (secondary N) is 2. The van der Waals surface area contributed by atoms with Crippen molar-refractivity contribution >= 4 is 34.9 Å². The molecule has 0 saturated heterocycles. The Hall–Kier alpha value is -1.92. The van der Waals surface area contributed by atoms with Gasteiger partial charge in [-0.2, -0.15) is 0 Å². The van der Waals surface area contributed by atoms with Gasteiger partial charge in [-0.1, -0.05) is 29.3 Å². The Labute approximate surface area is 135 Å².